The largest absolute Gasteiger partial charge is 0.378 e. The summed E-state index contributed by atoms with van der Waals surface area (Å²) in [5, 5.41) is 0. The Kier molecular flexibility index (Phi) is 14.3. The molecule has 2 atom stereocenters. The lowest BCUT2D eigenvalue weighted by molar-refractivity contribution is -0.888. The Hall–Kier alpha value is -0.420. The molecule has 0 aliphatic heterocycles. The Labute approximate surface area is 177 Å². The predicted octanol–water partition coefficient (Wildman–Crippen LogP) is 4.60. The summed E-state index contributed by atoms with van der Waals surface area (Å²) in [5.41, 5.74) is 0. The summed E-state index contributed by atoms with van der Waals surface area (Å²) in [7, 11) is 11.3. The van der Waals surface area contributed by atoms with E-state index < -0.39 is 0 Å². The van der Waals surface area contributed by atoms with Gasteiger partial charge in [-0.2, -0.15) is 0 Å². The molecule has 0 aliphatic rings. The van der Waals surface area contributed by atoms with E-state index in [-0.39, 0.29) is 6.10 Å². The zero-order chi connectivity index (χ0) is 21.6. The molecule has 4 nitrogen and oxygen atoms in total. The second-order valence-electron chi connectivity index (χ2n) is 10.1. The summed E-state index contributed by atoms with van der Waals surface area (Å²) in [6.07, 6.45) is 9.48. The van der Waals surface area contributed by atoms with E-state index in [2.05, 4.69) is 75.1 Å². The number of quaternary nitrogens is 2. The standard InChI is InChI=1S/C24H52N2O2/c1-10-22(11-2)20-28-24(13-4)21-27-19-23(12-3)18-26(8,9)17-15-14-16-25(5,6)7/h14-15,22-24H,10-13,16-21H2,1-9H3/q+2/b15-14+. The van der Waals surface area contributed by atoms with Crippen molar-refractivity contribution in [3.63, 3.8) is 0 Å². The zero-order valence-electron chi connectivity index (χ0n) is 20.7. The van der Waals surface area contributed by atoms with E-state index in [0.29, 0.717) is 11.8 Å². The van der Waals surface area contributed by atoms with Crippen LogP contribution in [-0.4, -0.2) is 89.8 Å². The fourth-order valence-electron chi connectivity index (χ4n) is 3.27. The summed E-state index contributed by atoms with van der Waals surface area (Å²) in [5.74, 6) is 1.28. The van der Waals surface area contributed by atoms with Gasteiger partial charge in [-0.25, -0.2) is 0 Å². The van der Waals surface area contributed by atoms with Crippen LogP contribution in [0, 0.1) is 11.8 Å². The summed E-state index contributed by atoms with van der Waals surface area (Å²) in [4.78, 5) is 0. The van der Waals surface area contributed by atoms with E-state index in [1.165, 1.54) is 12.8 Å². The third kappa shape index (κ3) is 14.6. The highest BCUT2D eigenvalue weighted by atomic mass is 16.5. The topological polar surface area (TPSA) is 18.5 Å². The molecule has 0 amide bonds. The van der Waals surface area contributed by atoms with Crippen molar-refractivity contribution in [1.82, 2.24) is 0 Å². The summed E-state index contributed by atoms with van der Waals surface area (Å²) in [6.45, 7) is 14.7. The van der Waals surface area contributed by atoms with Gasteiger partial charge in [0.1, 0.15) is 0 Å². The van der Waals surface area contributed by atoms with Gasteiger partial charge in [0.25, 0.3) is 0 Å². The average Bonchev–Trinajstić information content (AvgIpc) is 2.62. The molecule has 0 radical (unpaired) electrons. The number of hydrogen-bond donors (Lipinski definition) is 0. The molecular weight excluding hydrogens is 348 g/mol. The van der Waals surface area contributed by atoms with Crippen molar-refractivity contribution in [2.45, 2.75) is 59.5 Å². The van der Waals surface area contributed by atoms with Gasteiger partial charge in [-0.05, 0) is 30.9 Å². The molecule has 0 aromatic carbocycles. The Morgan fingerprint density at radius 2 is 1.25 bits per heavy atom. The minimum absolute atomic E-state index is 0.235. The van der Waals surface area contributed by atoms with Crippen LogP contribution in [0.1, 0.15) is 53.4 Å². The first-order valence-corrected chi connectivity index (χ1v) is 11.5. The fraction of sp³-hybridized carbons (Fsp3) is 0.917. The summed E-state index contributed by atoms with van der Waals surface area (Å²) in [6, 6.07) is 0. The first-order valence-electron chi connectivity index (χ1n) is 11.5. The molecule has 0 N–H and O–H groups in total. The Morgan fingerprint density at radius 3 is 1.75 bits per heavy atom. The van der Waals surface area contributed by atoms with Crippen molar-refractivity contribution in [2.24, 2.45) is 11.8 Å². The van der Waals surface area contributed by atoms with Gasteiger partial charge in [0.2, 0.25) is 0 Å². The van der Waals surface area contributed by atoms with Crippen molar-refractivity contribution in [3.05, 3.63) is 12.2 Å². The van der Waals surface area contributed by atoms with Crippen LogP contribution in [0.5, 0.6) is 0 Å². The second kappa shape index (κ2) is 14.5. The molecule has 0 heterocycles. The number of hydrogen-bond acceptors (Lipinski definition) is 2. The maximum absolute atomic E-state index is 6.10. The number of rotatable bonds is 17. The molecule has 0 rings (SSSR count). The van der Waals surface area contributed by atoms with Crippen LogP contribution >= 0.6 is 0 Å². The van der Waals surface area contributed by atoms with Gasteiger partial charge in [-0.3, -0.25) is 0 Å². The average molecular weight is 401 g/mol. The first kappa shape index (κ1) is 27.6. The maximum atomic E-state index is 6.10. The molecule has 4 heteroatoms. The molecule has 0 aromatic rings. The van der Waals surface area contributed by atoms with Gasteiger partial charge in [-0.15, -0.1) is 0 Å². The minimum Gasteiger partial charge on any atom is -0.378 e. The van der Waals surface area contributed by atoms with Crippen molar-refractivity contribution in [2.75, 3.05) is 74.7 Å². The maximum Gasteiger partial charge on any atom is 0.0971 e. The van der Waals surface area contributed by atoms with E-state index in [9.17, 15) is 0 Å². The fourth-order valence-corrected chi connectivity index (χ4v) is 3.27. The van der Waals surface area contributed by atoms with Crippen molar-refractivity contribution < 1.29 is 18.4 Å². The molecule has 168 valence electrons. The minimum atomic E-state index is 0.235. The summed E-state index contributed by atoms with van der Waals surface area (Å²) < 4.78 is 14.2. The van der Waals surface area contributed by atoms with Crippen LogP contribution in [0.2, 0.25) is 0 Å². The smallest absolute Gasteiger partial charge is 0.0971 e. The SMILES string of the molecule is CCC(CC)COC(CC)COCC(CC)C[N+](C)(C)C/C=C/C[N+](C)(C)C. The zero-order valence-corrected chi connectivity index (χ0v) is 20.7. The normalized spacial score (nSPS) is 15.5. The van der Waals surface area contributed by atoms with Gasteiger partial charge < -0.3 is 18.4 Å². The van der Waals surface area contributed by atoms with Crippen LogP contribution in [0.25, 0.3) is 0 Å². The Morgan fingerprint density at radius 1 is 0.679 bits per heavy atom. The second-order valence-corrected chi connectivity index (χ2v) is 10.1. The Bertz CT molecular complexity index is 398. The lowest BCUT2D eigenvalue weighted by atomic mass is 10.1. The first-order chi connectivity index (χ1) is 13.1. The number of nitrogens with zero attached hydrogens (tertiary/aromatic N) is 2. The van der Waals surface area contributed by atoms with Crippen LogP contribution < -0.4 is 0 Å². The molecule has 0 spiro atoms. The van der Waals surface area contributed by atoms with Crippen LogP contribution in [0.15, 0.2) is 12.2 Å². The molecule has 28 heavy (non-hydrogen) atoms. The van der Waals surface area contributed by atoms with Crippen molar-refractivity contribution in [3.8, 4) is 0 Å². The highest BCUT2D eigenvalue weighted by molar-refractivity contribution is 4.81. The van der Waals surface area contributed by atoms with Gasteiger partial charge in [0, 0.05) is 12.5 Å². The van der Waals surface area contributed by atoms with Gasteiger partial charge in [0.15, 0.2) is 0 Å². The summed E-state index contributed by atoms with van der Waals surface area (Å²) >= 11 is 0. The van der Waals surface area contributed by atoms with Crippen molar-refractivity contribution >= 4 is 0 Å². The van der Waals surface area contributed by atoms with E-state index in [0.717, 1.165) is 61.3 Å². The molecule has 0 aliphatic carbocycles. The molecule has 0 saturated heterocycles. The van der Waals surface area contributed by atoms with E-state index in [4.69, 9.17) is 9.47 Å². The Balaban J connectivity index is 4.30. The number of likely N-dealkylation sites (N-methyl/N-ethyl adjacent to an activating group) is 2. The van der Waals surface area contributed by atoms with Gasteiger partial charge >= 0.3 is 0 Å². The highest BCUT2D eigenvalue weighted by Crippen LogP contribution is 2.13. The number of ether oxygens (including phenoxy) is 2. The van der Waals surface area contributed by atoms with Crippen LogP contribution in [0.3, 0.4) is 0 Å². The molecule has 0 fully saturated rings. The third-order valence-corrected chi connectivity index (χ3v) is 5.58. The predicted molar refractivity (Wildman–Crippen MR) is 123 cm³/mol. The quantitative estimate of drug-likeness (QED) is 0.262. The lowest BCUT2D eigenvalue weighted by Crippen LogP contribution is -2.44. The van der Waals surface area contributed by atoms with Crippen LogP contribution in [0.4, 0.5) is 0 Å². The highest BCUT2D eigenvalue weighted by Gasteiger charge is 2.21. The molecule has 0 aromatic heterocycles. The van der Waals surface area contributed by atoms with E-state index in [1.54, 1.807) is 0 Å². The van der Waals surface area contributed by atoms with Crippen molar-refractivity contribution in [1.29, 1.82) is 0 Å². The lowest BCUT2D eigenvalue weighted by Gasteiger charge is -2.32. The molecule has 0 bridgehead atoms. The molecule has 0 saturated carbocycles. The molecule has 2 unspecified atom stereocenters. The third-order valence-electron chi connectivity index (χ3n) is 5.58. The van der Waals surface area contributed by atoms with Gasteiger partial charge in [0.05, 0.1) is 74.2 Å². The van der Waals surface area contributed by atoms with E-state index in [1.807, 2.05) is 0 Å². The van der Waals surface area contributed by atoms with Gasteiger partial charge in [-0.1, -0.05) is 40.5 Å². The van der Waals surface area contributed by atoms with E-state index >= 15 is 0 Å². The molecular formula is C24H52N2O2+2. The van der Waals surface area contributed by atoms with Crippen LogP contribution in [-0.2, 0) is 9.47 Å². The monoisotopic (exact) mass is 400 g/mol.